The molecular formula is C26H23ClF2O3. The largest absolute Gasteiger partial charge is 0.455 e. The fraction of sp³-hybridized carbons (Fsp3) is 0.269. The number of halogens is 3. The Bertz CT molecular complexity index is 1050. The number of hydrogen-bond donors (Lipinski definition) is 0. The van der Waals surface area contributed by atoms with Crippen molar-refractivity contribution >= 4 is 17.6 Å². The number of aryl methyl sites for hydroxylation is 1. The summed E-state index contributed by atoms with van der Waals surface area (Å²) in [7, 11) is 0. The van der Waals surface area contributed by atoms with Crippen LogP contribution in [0.4, 0.5) is 8.78 Å². The van der Waals surface area contributed by atoms with E-state index >= 15 is 0 Å². The number of ether oxygens (including phenoxy) is 2. The highest BCUT2D eigenvalue weighted by Gasteiger charge is 2.36. The maximum absolute atomic E-state index is 14.6. The van der Waals surface area contributed by atoms with Crippen LogP contribution in [-0.4, -0.2) is 12.1 Å². The molecular weight excluding hydrogens is 434 g/mol. The molecule has 0 spiro atoms. The quantitative estimate of drug-likeness (QED) is 0.318. The second-order valence-corrected chi connectivity index (χ2v) is 8.37. The van der Waals surface area contributed by atoms with Crippen molar-refractivity contribution < 1.29 is 23.0 Å². The zero-order valence-corrected chi connectivity index (χ0v) is 18.1. The van der Waals surface area contributed by atoms with Crippen molar-refractivity contribution in [3.8, 4) is 11.5 Å². The van der Waals surface area contributed by atoms with Crippen LogP contribution in [0.25, 0.3) is 0 Å². The van der Waals surface area contributed by atoms with Gasteiger partial charge in [-0.3, -0.25) is 0 Å². The first kappa shape index (κ1) is 22.3. The van der Waals surface area contributed by atoms with Crippen molar-refractivity contribution in [3.63, 3.8) is 0 Å². The molecule has 0 heterocycles. The van der Waals surface area contributed by atoms with E-state index in [0.29, 0.717) is 16.3 Å². The van der Waals surface area contributed by atoms with Gasteiger partial charge in [-0.2, -0.15) is 0 Å². The molecule has 1 saturated carbocycles. The Hall–Kier alpha value is -2.92. The number of hydrogen-bond acceptors (Lipinski definition) is 3. The highest BCUT2D eigenvalue weighted by molar-refractivity contribution is 6.30. The van der Waals surface area contributed by atoms with Gasteiger partial charge < -0.3 is 9.47 Å². The Labute approximate surface area is 190 Å². The van der Waals surface area contributed by atoms with Crippen molar-refractivity contribution in [1.82, 2.24) is 0 Å². The Morgan fingerprint density at radius 2 is 1.75 bits per heavy atom. The molecule has 1 unspecified atom stereocenters. The summed E-state index contributed by atoms with van der Waals surface area (Å²) in [5.74, 6) is -0.613. The monoisotopic (exact) mass is 456 g/mol. The van der Waals surface area contributed by atoms with E-state index < -0.39 is 24.1 Å². The van der Waals surface area contributed by atoms with E-state index in [0.717, 1.165) is 18.4 Å². The molecule has 3 aromatic carbocycles. The summed E-state index contributed by atoms with van der Waals surface area (Å²) in [6.07, 6.45) is -0.166. The molecule has 2 atom stereocenters. The van der Waals surface area contributed by atoms with E-state index in [2.05, 4.69) is 0 Å². The molecule has 4 rings (SSSR count). The van der Waals surface area contributed by atoms with Gasteiger partial charge in [0.05, 0.1) is 0 Å². The highest BCUT2D eigenvalue weighted by Crippen LogP contribution is 2.43. The minimum Gasteiger partial charge on any atom is -0.455 e. The lowest BCUT2D eigenvalue weighted by Gasteiger charge is -2.19. The molecule has 0 radical (unpaired) electrons. The van der Waals surface area contributed by atoms with Gasteiger partial charge in [-0.1, -0.05) is 48.0 Å². The Kier molecular flexibility index (Phi) is 7.05. The summed E-state index contributed by atoms with van der Waals surface area (Å²) >= 11 is 5.93. The van der Waals surface area contributed by atoms with E-state index in [1.54, 1.807) is 54.6 Å². The summed E-state index contributed by atoms with van der Waals surface area (Å²) in [4.78, 5) is 12.4. The molecule has 0 aromatic heterocycles. The van der Waals surface area contributed by atoms with Crippen LogP contribution in [0.3, 0.4) is 0 Å². The molecule has 3 aromatic rings. The van der Waals surface area contributed by atoms with Gasteiger partial charge in [-0.25, -0.2) is 13.6 Å². The molecule has 6 heteroatoms. The van der Waals surface area contributed by atoms with Gasteiger partial charge in [0.15, 0.2) is 17.7 Å². The zero-order chi connectivity index (χ0) is 22.5. The van der Waals surface area contributed by atoms with Crippen LogP contribution >= 0.6 is 11.6 Å². The average Bonchev–Trinajstić information content (AvgIpc) is 3.64. The lowest BCUT2D eigenvalue weighted by molar-refractivity contribution is -0.157. The minimum absolute atomic E-state index is 0.0585. The van der Waals surface area contributed by atoms with Gasteiger partial charge in [0.2, 0.25) is 0 Å². The van der Waals surface area contributed by atoms with Crippen LogP contribution in [0, 0.1) is 11.7 Å². The third-order valence-electron chi connectivity index (χ3n) is 5.40. The summed E-state index contributed by atoms with van der Waals surface area (Å²) in [5, 5.41) is 0.591. The number of rotatable bonds is 9. The first-order valence-electron chi connectivity index (χ1n) is 10.6. The molecule has 32 heavy (non-hydrogen) atoms. The fourth-order valence-electron chi connectivity index (χ4n) is 3.50. The topological polar surface area (TPSA) is 35.5 Å². The van der Waals surface area contributed by atoms with Crippen LogP contribution in [0.15, 0.2) is 72.8 Å². The zero-order valence-electron chi connectivity index (χ0n) is 17.3. The summed E-state index contributed by atoms with van der Waals surface area (Å²) in [6, 6.07) is 20.3. The SMILES string of the molecule is O=C(O[C@@H](c1ccc(Cl)cc1)C1CC1)C(F)CCc1ccc(F)c(Oc2ccccc2)c1. The molecule has 0 N–H and O–H groups in total. The number of para-hydroxylation sites is 1. The van der Waals surface area contributed by atoms with Gasteiger partial charge in [0, 0.05) is 10.9 Å². The number of carbonyl (C=O) groups excluding carboxylic acids is 1. The summed E-state index contributed by atoms with van der Waals surface area (Å²) in [6.45, 7) is 0. The fourth-order valence-corrected chi connectivity index (χ4v) is 3.62. The number of esters is 1. The maximum atomic E-state index is 14.6. The summed E-state index contributed by atoms with van der Waals surface area (Å²) in [5.41, 5.74) is 1.49. The van der Waals surface area contributed by atoms with Crippen molar-refractivity contribution in [2.75, 3.05) is 0 Å². The Morgan fingerprint density at radius 1 is 1.03 bits per heavy atom. The highest BCUT2D eigenvalue weighted by atomic mass is 35.5. The molecule has 0 amide bonds. The second kappa shape index (κ2) is 10.1. The molecule has 1 aliphatic rings. The van der Waals surface area contributed by atoms with Crippen molar-refractivity contribution in [1.29, 1.82) is 0 Å². The van der Waals surface area contributed by atoms with Crippen molar-refractivity contribution in [3.05, 3.63) is 94.8 Å². The van der Waals surface area contributed by atoms with Crippen LogP contribution in [0.1, 0.15) is 36.5 Å². The minimum atomic E-state index is -1.77. The van der Waals surface area contributed by atoms with Crippen LogP contribution < -0.4 is 4.74 Å². The molecule has 166 valence electrons. The number of alkyl halides is 1. The third kappa shape index (κ3) is 5.86. The van der Waals surface area contributed by atoms with Crippen LogP contribution in [-0.2, 0) is 16.0 Å². The second-order valence-electron chi connectivity index (χ2n) is 7.93. The standard InChI is InChI=1S/C26H23ClF2O3/c27-20-12-10-19(11-13-20)25(18-8-9-18)32-26(30)23(29)15-7-17-6-14-22(28)24(16-17)31-21-4-2-1-3-5-21/h1-6,10-14,16,18,23,25H,7-9,15H2/t23?,25-/m1/s1. The molecule has 0 bridgehead atoms. The van der Waals surface area contributed by atoms with Crippen molar-refractivity contribution in [2.24, 2.45) is 5.92 Å². The maximum Gasteiger partial charge on any atom is 0.341 e. The predicted molar refractivity (Wildman–Crippen MR) is 119 cm³/mol. The number of carbonyl (C=O) groups is 1. The lowest BCUT2D eigenvalue weighted by Crippen LogP contribution is -2.23. The number of benzene rings is 3. The van der Waals surface area contributed by atoms with E-state index in [1.165, 1.54) is 12.1 Å². The lowest BCUT2D eigenvalue weighted by atomic mass is 10.0. The molecule has 1 fully saturated rings. The van der Waals surface area contributed by atoms with E-state index in [4.69, 9.17) is 21.1 Å². The molecule has 3 nitrogen and oxygen atoms in total. The van der Waals surface area contributed by atoms with E-state index in [9.17, 15) is 13.6 Å². The summed E-state index contributed by atoms with van der Waals surface area (Å²) < 4.78 is 39.9. The van der Waals surface area contributed by atoms with Gasteiger partial charge in [0.1, 0.15) is 11.9 Å². The van der Waals surface area contributed by atoms with E-state index in [-0.39, 0.29) is 24.5 Å². The van der Waals surface area contributed by atoms with Crippen molar-refractivity contribution in [2.45, 2.75) is 38.0 Å². The molecule has 1 aliphatic carbocycles. The van der Waals surface area contributed by atoms with Gasteiger partial charge >= 0.3 is 5.97 Å². The predicted octanol–water partition coefficient (Wildman–Crippen LogP) is 7.24. The van der Waals surface area contributed by atoms with Crippen LogP contribution in [0.2, 0.25) is 5.02 Å². The average molecular weight is 457 g/mol. The third-order valence-corrected chi connectivity index (χ3v) is 5.65. The van der Waals surface area contributed by atoms with Gasteiger partial charge in [-0.05, 0) is 73.2 Å². The first-order chi connectivity index (χ1) is 15.5. The molecule has 0 saturated heterocycles. The van der Waals surface area contributed by atoms with E-state index in [1.807, 2.05) is 6.07 Å². The normalized spacial score (nSPS) is 15.1. The Balaban J connectivity index is 1.35. The van der Waals surface area contributed by atoms with Gasteiger partial charge in [0.25, 0.3) is 0 Å². The van der Waals surface area contributed by atoms with Crippen LogP contribution in [0.5, 0.6) is 11.5 Å². The first-order valence-corrected chi connectivity index (χ1v) is 11.0. The smallest absolute Gasteiger partial charge is 0.341 e. The van der Waals surface area contributed by atoms with Gasteiger partial charge in [-0.15, -0.1) is 0 Å². The molecule has 0 aliphatic heterocycles. The Morgan fingerprint density at radius 3 is 2.44 bits per heavy atom.